The number of aromatic nitrogens is 2. The van der Waals surface area contributed by atoms with Crippen LogP contribution in [0.4, 0.5) is 5.69 Å². The van der Waals surface area contributed by atoms with E-state index >= 15 is 0 Å². The SMILES string of the molecule is CC(OC(=O)c1ccc(Cn2cccn2)o1)C(=O)Nc1cccc(Cl)c1. The highest BCUT2D eigenvalue weighted by Gasteiger charge is 2.21. The first kappa shape index (κ1) is 17.8. The molecule has 0 radical (unpaired) electrons. The molecule has 1 unspecified atom stereocenters. The summed E-state index contributed by atoms with van der Waals surface area (Å²) in [6.07, 6.45) is 2.43. The van der Waals surface area contributed by atoms with Crippen LogP contribution in [-0.4, -0.2) is 27.8 Å². The van der Waals surface area contributed by atoms with Gasteiger partial charge in [-0.1, -0.05) is 17.7 Å². The fraction of sp³-hybridized carbons (Fsp3) is 0.167. The zero-order chi connectivity index (χ0) is 18.5. The Hall–Kier alpha value is -3.06. The number of rotatable bonds is 6. The predicted octanol–water partition coefficient (Wildman–Crippen LogP) is 3.36. The molecule has 8 heteroatoms. The Morgan fingerprint density at radius 3 is 2.88 bits per heavy atom. The van der Waals surface area contributed by atoms with Crippen LogP contribution in [-0.2, 0) is 16.1 Å². The first-order chi connectivity index (χ1) is 12.5. The summed E-state index contributed by atoms with van der Waals surface area (Å²) in [7, 11) is 0. The van der Waals surface area contributed by atoms with Gasteiger partial charge in [0.05, 0.1) is 6.54 Å². The van der Waals surface area contributed by atoms with Crippen molar-refractivity contribution in [3.05, 3.63) is 71.4 Å². The van der Waals surface area contributed by atoms with E-state index in [1.165, 1.54) is 13.0 Å². The second-order valence-electron chi connectivity index (χ2n) is 5.52. The number of carbonyl (C=O) groups excluding carboxylic acids is 2. The first-order valence-corrected chi connectivity index (χ1v) is 8.22. The standard InChI is InChI=1S/C18H16ClN3O4/c1-12(17(23)21-14-5-2-4-13(19)10-14)25-18(24)16-7-6-15(26-16)11-22-9-3-8-20-22/h2-10,12H,11H2,1H3,(H,21,23). The third kappa shape index (κ3) is 4.52. The number of furan rings is 1. The largest absolute Gasteiger partial charge is 0.452 e. The van der Waals surface area contributed by atoms with Crippen molar-refractivity contribution in [1.82, 2.24) is 9.78 Å². The summed E-state index contributed by atoms with van der Waals surface area (Å²) >= 11 is 5.87. The average molecular weight is 374 g/mol. The van der Waals surface area contributed by atoms with Crippen molar-refractivity contribution >= 4 is 29.2 Å². The normalized spacial score (nSPS) is 11.8. The summed E-state index contributed by atoms with van der Waals surface area (Å²) < 4.78 is 12.3. The Morgan fingerprint density at radius 2 is 2.15 bits per heavy atom. The molecular weight excluding hydrogens is 358 g/mol. The Labute approximate surface area is 154 Å². The van der Waals surface area contributed by atoms with Gasteiger partial charge in [-0.2, -0.15) is 5.10 Å². The van der Waals surface area contributed by atoms with Crippen LogP contribution in [0.3, 0.4) is 0 Å². The second kappa shape index (κ2) is 7.88. The van der Waals surface area contributed by atoms with Gasteiger partial charge in [-0.3, -0.25) is 9.48 Å². The molecule has 0 aliphatic heterocycles. The maximum Gasteiger partial charge on any atom is 0.375 e. The van der Waals surface area contributed by atoms with Crippen molar-refractivity contribution in [2.45, 2.75) is 19.6 Å². The van der Waals surface area contributed by atoms with Crippen LogP contribution in [0, 0.1) is 0 Å². The fourth-order valence-electron chi connectivity index (χ4n) is 2.21. The van der Waals surface area contributed by atoms with Crippen molar-refractivity contribution in [2.24, 2.45) is 0 Å². The van der Waals surface area contributed by atoms with E-state index in [4.69, 9.17) is 20.8 Å². The molecule has 0 aliphatic rings. The minimum absolute atomic E-state index is 0.0227. The highest BCUT2D eigenvalue weighted by Crippen LogP contribution is 2.16. The maximum absolute atomic E-state index is 12.1. The van der Waals surface area contributed by atoms with E-state index in [9.17, 15) is 9.59 Å². The van der Waals surface area contributed by atoms with Crippen LogP contribution in [0.15, 0.2) is 59.3 Å². The Balaban J connectivity index is 1.56. The van der Waals surface area contributed by atoms with E-state index in [2.05, 4.69) is 10.4 Å². The molecule has 0 fully saturated rings. The molecule has 0 saturated heterocycles. The summed E-state index contributed by atoms with van der Waals surface area (Å²) in [5, 5.41) is 7.19. The van der Waals surface area contributed by atoms with Gasteiger partial charge in [-0.15, -0.1) is 0 Å². The van der Waals surface area contributed by atoms with E-state index in [-0.39, 0.29) is 5.76 Å². The molecule has 1 N–H and O–H groups in total. The molecule has 134 valence electrons. The number of benzene rings is 1. The summed E-state index contributed by atoms with van der Waals surface area (Å²) in [4.78, 5) is 24.3. The summed E-state index contributed by atoms with van der Waals surface area (Å²) in [5.74, 6) is -0.611. The third-order valence-corrected chi connectivity index (χ3v) is 3.72. The van der Waals surface area contributed by atoms with Gasteiger partial charge < -0.3 is 14.5 Å². The van der Waals surface area contributed by atoms with Crippen LogP contribution in [0.2, 0.25) is 5.02 Å². The lowest BCUT2D eigenvalue weighted by Gasteiger charge is -2.12. The van der Waals surface area contributed by atoms with E-state index in [1.807, 2.05) is 0 Å². The molecule has 1 amide bonds. The van der Waals surface area contributed by atoms with E-state index in [0.717, 1.165) is 0 Å². The predicted molar refractivity (Wildman–Crippen MR) is 95.0 cm³/mol. The van der Waals surface area contributed by atoms with Crippen LogP contribution in [0.25, 0.3) is 0 Å². The fourth-order valence-corrected chi connectivity index (χ4v) is 2.40. The van der Waals surface area contributed by atoms with Gasteiger partial charge in [0.1, 0.15) is 5.76 Å². The number of carbonyl (C=O) groups is 2. The summed E-state index contributed by atoms with van der Waals surface area (Å²) in [6.45, 7) is 1.87. The van der Waals surface area contributed by atoms with Gasteiger partial charge >= 0.3 is 5.97 Å². The molecule has 26 heavy (non-hydrogen) atoms. The van der Waals surface area contributed by atoms with Crippen LogP contribution < -0.4 is 5.32 Å². The molecule has 0 aliphatic carbocycles. The number of amides is 1. The van der Waals surface area contributed by atoms with Crippen LogP contribution in [0.5, 0.6) is 0 Å². The van der Waals surface area contributed by atoms with E-state index < -0.39 is 18.0 Å². The number of ether oxygens (including phenoxy) is 1. The Morgan fingerprint density at radius 1 is 1.31 bits per heavy atom. The lowest BCUT2D eigenvalue weighted by molar-refractivity contribution is -0.123. The zero-order valence-corrected chi connectivity index (χ0v) is 14.6. The van der Waals surface area contributed by atoms with Gasteiger partial charge in [-0.05, 0) is 43.3 Å². The molecular formula is C18H16ClN3O4. The molecule has 3 rings (SSSR count). The highest BCUT2D eigenvalue weighted by atomic mass is 35.5. The minimum Gasteiger partial charge on any atom is -0.452 e. The van der Waals surface area contributed by atoms with E-state index in [1.54, 1.807) is 53.5 Å². The lowest BCUT2D eigenvalue weighted by atomic mass is 10.3. The monoisotopic (exact) mass is 373 g/mol. The topological polar surface area (TPSA) is 86.4 Å². The van der Waals surface area contributed by atoms with Crippen molar-refractivity contribution in [3.63, 3.8) is 0 Å². The van der Waals surface area contributed by atoms with Gasteiger partial charge in [0.15, 0.2) is 6.10 Å². The van der Waals surface area contributed by atoms with Crippen LogP contribution >= 0.6 is 11.6 Å². The molecule has 0 spiro atoms. The number of nitrogens with one attached hydrogen (secondary N) is 1. The summed E-state index contributed by atoms with van der Waals surface area (Å²) in [5.41, 5.74) is 0.518. The molecule has 2 heterocycles. The highest BCUT2D eigenvalue weighted by molar-refractivity contribution is 6.30. The Kier molecular flexibility index (Phi) is 5.38. The van der Waals surface area contributed by atoms with E-state index in [0.29, 0.717) is 23.0 Å². The van der Waals surface area contributed by atoms with Crippen molar-refractivity contribution in [1.29, 1.82) is 0 Å². The quantitative estimate of drug-likeness (QED) is 0.669. The molecule has 3 aromatic rings. The number of hydrogen-bond acceptors (Lipinski definition) is 5. The van der Waals surface area contributed by atoms with Gasteiger partial charge in [-0.25, -0.2) is 4.79 Å². The zero-order valence-electron chi connectivity index (χ0n) is 13.9. The number of esters is 1. The van der Waals surface area contributed by atoms with Gasteiger partial charge in [0, 0.05) is 23.1 Å². The maximum atomic E-state index is 12.1. The molecule has 7 nitrogen and oxygen atoms in total. The smallest absolute Gasteiger partial charge is 0.375 e. The van der Waals surface area contributed by atoms with Crippen molar-refractivity contribution < 1.29 is 18.7 Å². The molecule has 1 aromatic carbocycles. The first-order valence-electron chi connectivity index (χ1n) is 7.85. The number of hydrogen-bond donors (Lipinski definition) is 1. The summed E-state index contributed by atoms with van der Waals surface area (Å²) in [6, 6.07) is 11.6. The average Bonchev–Trinajstić information content (AvgIpc) is 3.27. The minimum atomic E-state index is -0.999. The molecule has 1 atom stereocenters. The second-order valence-corrected chi connectivity index (χ2v) is 5.95. The van der Waals surface area contributed by atoms with Gasteiger partial charge in [0.2, 0.25) is 5.76 Å². The number of halogens is 1. The van der Waals surface area contributed by atoms with Crippen molar-refractivity contribution in [3.8, 4) is 0 Å². The van der Waals surface area contributed by atoms with Gasteiger partial charge in [0.25, 0.3) is 5.91 Å². The molecule has 0 saturated carbocycles. The van der Waals surface area contributed by atoms with Crippen LogP contribution in [0.1, 0.15) is 23.2 Å². The van der Waals surface area contributed by atoms with Crippen molar-refractivity contribution in [2.75, 3.05) is 5.32 Å². The number of anilines is 1. The third-order valence-electron chi connectivity index (χ3n) is 3.49. The number of nitrogens with zero attached hydrogens (tertiary/aromatic N) is 2. The molecule has 2 aromatic heterocycles. The molecule has 0 bridgehead atoms. The Bertz CT molecular complexity index is 905. The lowest BCUT2D eigenvalue weighted by Crippen LogP contribution is -2.29.